The number of fused-ring (bicyclic) bond motifs is 1. The van der Waals surface area contributed by atoms with Gasteiger partial charge < -0.3 is 10.1 Å². The van der Waals surface area contributed by atoms with E-state index in [0.29, 0.717) is 20.5 Å². The summed E-state index contributed by atoms with van der Waals surface area (Å²) < 4.78 is 5.79. The van der Waals surface area contributed by atoms with E-state index < -0.39 is 17.5 Å². The molecule has 1 saturated heterocycles. The number of hydrogen-bond acceptors (Lipinski definition) is 9. The number of amides is 2. The first kappa shape index (κ1) is 29.6. The molecule has 5 rings (SSSR count). The maximum absolute atomic E-state index is 13.2. The Hall–Kier alpha value is -3.93. The average molecular weight is 617 g/mol. The fourth-order valence-electron chi connectivity index (χ4n) is 4.16. The van der Waals surface area contributed by atoms with E-state index >= 15 is 0 Å². The molecule has 3 heterocycles. The molecular formula is C31H28N4O4S3. The smallest absolute Gasteiger partial charge is 0.338 e. The molecule has 0 spiro atoms. The highest BCUT2D eigenvalue weighted by Crippen LogP contribution is 2.35. The van der Waals surface area contributed by atoms with Crippen molar-refractivity contribution in [2.45, 2.75) is 33.3 Å². The van der Waals surface area contributed by atoms with Crippen LogP contribution in [-0.2, 0) is 14.3 Å². The molecule has 2 aromatic carbocycles. The summed E-state index contributed by atoms with van der Waals surface area (Å²) in [7, 11) is 0. The molecule has 0 saturated carbocycles. The minimum Gasteiger partial charge on any atom is -0.456 e. The van der Waals surface area contributed by atoms with Gasteiger partial charge in [0, 0.05) is 29.5 Å². The Kier molecular flexibility index (Phi) is 8.53. The maximum atomic E-state index is 13.2. The van der Waals surface area contributed by atoms with Crippen LogP contribution in [0.3, 0.4) is 0 Å². The Morgan fingerprint density at radius 1 is 1.05 bits per heavy atom. The van der Waals surface area contributed by atoms with Gasteiger partial charge in [0.05, 0.1) is 27.4 Å². The van der Waals surface area contributed by atoms with E-state index in [4.69, 9.17) is 17.0 Å². The van der Waals surface area contributed by atoms with Crippen LogP contribution in [0, 0.1) is 5.92 Å². The summed E-state index contributed by atoms with van der Waals surface area (Å²) in [5.74, 6) is -1.44. The van der Waals surface area contributed by atoms with E-state index in [1.807, 2.05) is 35.7 Å². The highest BCUT2D eigenvalue weighted by atomic mass is 32.2. The average Bonchev–Trinajstić information content (AvgIpc) is 3.52. The summed E-state index contributed by atoms with van der Waals surface area (Å²) in [6.07, 6.45) is 5.18. The molecule has 0 radical (unpaired) electrons. The molecule has 1 unspecified atom stereocenters. The lowest BCUT2D eigenvalue weighted by molar-refractivity contribution is -0.124. The van der Waals surface area contributed by atoms with Gasteiger partial charge >= 0.3 is 5.97 Å². The molecular weight excluding hydrogens is 589 g/mol. The van der Waals surface area contributed by atoms with Crippen LogP contribution in [0.25, 0.3) is 28.2 Å². The second-order valence-corrected chi connectivity index (χ2v) is 13.4. The molecule has 4 aromatic rings. The first-order valence-electron chi connectivity index (χ1n) is 13.2. The van der Waals surface area contributed by atoms with Gasteiger partial charge in [-0.2, -0.15) is 0 Å². The highest BCUT2D eigenvalue weighted by molar-refractivity contribution is 8.26. The first-order valence-corrected chi connectivity index (χ1v) is 15.3. The Morgan fingerprint density at radius 3 is 2.48 bits per heavy atom. The van der Waals surface area contributed by atoms with E-state index in [-0.39, 0.29) is 18.4 Å². The number of esters is 1. The van der Waals surface area contributed by atoms with E-state index in [0.717, 1.165) is 27.0 Å². The number of carbonyl (C=O) groups is 3. The lowest BCUT2D eigenvalue weighted by atomic mass is 10.1. The molecule has 8 nitrogen and oxygen atoms in total. The number of anilines is 1. The van der Waals surface area contributed by atoms with Crippen molar-refractivity contribution >= 4 is 80.2 Å². The van der Waals surface area contributed by atoms with Gasteiger partial charge in [-0.1, -0.05) is 37.0 Å². The molecule has 1 N–H and O–H groups in total. The van der Waals surface area contributed by atoms with Crippen LogP contribution < -0.4 is 5.32 Å². The third-order valence-electron chi connectivity index (χ3n) is 6.26. The minimum absolute atomic E-state index is 0.150. The molecule has 2 aromatic heterocycles. The van der Waals surface area contributed by atoms with Crippen molar-refractivity contribution in [3.05, 3.63) is 81.7 Å². The predicted molar refractivity (Wildman–Crippen MR) is 172 cm³/mol. The molecule has 2 amide bonds. The lowest BCUT2D eigenvalue weighted by Crippen LogP contribution is -2.36. The monoisotopic (exact) mass is 616 g/mol. The number of ether oxygens (including phenoxy) is 1. The zero-order chi connectivity index (χ0) is 30.0. The number of nitrogens with one attached hydrogen (secondary N) is 1. The Bertz CT molecular complexity index is 1720. The van der Waals surface area contributed by atoms with Gasteiger partial charge in [0.1, 0.15) is 9.92 Å². The van der Waals surface area contributed by atoms with Crippen LogP contribution >= 0.6 is 35.3 Å². The van der Waals surface area contributed by atoms with Crippen LogP contribution in [-0.4, -0.2) is 49.1 Å². The van der Waals surface area contributed by atoms with E-state index in [1.165, 1.54) is 28.0 Å². The van der Waals surface area contributed by atoms with Gasteiger partial charge in [0.15, 0.2) is 0 Å². The van der Waals surface area contributed by atoms with E-state index in [2.05, 4.69) is 15.3 Å². The first-order chi connectivity index (χ1) is 20.0. The molecule has 1 atom stereocenters. The molecule has 11 heteroatoms. The van der Waals surface area contributed by atoms with Crippen LogP contribution in [0.1, 0.15) is 42.9 Å². The van der Waals surface area contributed by atoms with Crippen molar-refractivity contribution in [2.75, 3.05) is 11.9 Å². The molecule has 1 aliphatic heterocycles. The number of thiophene rings is 1. The molecule has 214 valence electrons. The normalized spacial score (nSPS) is 15.3. The summed E-state index contributed by atoms with van der Waals surface area (Å²) in [5, 5.41) is 4.88. The van der Waals surface area contributed by atoms with Crippen molar-refractivity contribution in [3.8, 4) is 11.1 Å². The molecule has 1 aliphatic rings. The number of carbonyl (C=O) groups excluding carboxylic acids is 3. The van der Waals surface area contributed by atoms with Crippen molar-refractivity contribution < 1.29 is 19.1 Å². The SMILES string of the molecule is CC(CN1C(=O)/C(=C/c2cc(-c3ccc4nccnc4c3)cs2)SC1=S)C(=O)Nc1ccc(C(=O)OC(C)(C)C)cc1. The number of thioether (sulfide) groups is 1. The number of benzene rings is 2. The molecule has 1 fully saturated rings. The zero-order valence-corrected chi connectivity index (χ0v) is 25.9. The van der Waals surface area contributed by atoms with Crippen LogP contribution in [0.15, 0.2) is 71.2 Å². The minimum atomic E-state index is -0.596. The van der Waals surface area contributed by atoms with Crippen molar-refractivity contribution in [1.29, 1.82) is 0 Å². The van der Waals surface area contributed by atoms with Gasteiger partial charge in [-0.15, -0.1) is 11.3 Å². The Balaban J connectivity index is 1.20. The summed E-state index contributed by atoms with van der Waals surface area (Å²) in [5.41, 5.74) is 4.03. The lowest BCUT2D eigenvalue weighted by Gasteiger charge is -2.20. The van der Waals surface area contributed by atoms with E-state index in [9.17, 15) is 14.4 Å². The fraction of sp³-hybridized carbons (Fsp3) is 0.226. The summed E-state index contributed by atoms with van der Waals surface area (Å²) in [6, 6.07) is 14.5. The van der Waals surface area contributed by atoms with Gasteiger partial charge in [-0.05, 0) is 85.8 Å². The van der Waals surface area contributed by atoms with Gasteiger partial charge in [-0.25, -0.2) is 4.79 Å². The number of thiocarbonyl (C=S) groups is 1. The number of nitrogens with zero attached hydrogens (tertiary/aromatic N) is 3. The van der Waals surface area contributed by atoms with Crippen LogP contribution in [0.4, 0.5) is 5.69 Å². The molecule has 42 heavy (non-hydrogen) atoms. The molecule has 0 aliphatic carbocycles. The summed E-state index contributed by atoms with van der Waals surface area (Å²) in [4.78, 5) is 50.0. The van der Waals surface area contributed by atoms with E-state index in [1.54, 1.807) is 64.4 Å². The topological polar surface area (TPSA) is 101 Å². The Labute approximate surface area is 257 Å². The fourth-order valence-corrected chi connectivity index (χ4v) is 6.35. The van der Waals surface area contributed by atoms with Crippen LogP contribution in [0.2, 0.25) is 0 Å². The number of rotatable bonds is 7. The standard InChI is InChI=1S/C31H28N4O4S3/c1-18(27(36)34-22-8-5-19(6-9-22)29(38)39-31(2,3)4)16-35-28(37)26(42-30(35)40)15-23-13-21(17-41-23)20-7-10-24-25(14-20)33-12-11-32-24/h5-15,17-18H,16H2,1-4H3,(H,34,36)/b26-15-. The maximum Gasteiger partial charge on any atom is 0.338 e. The predicted octanol–water partition coefficient (Wildman–Crippen LogP) is 6.79. The van der Waals surface area contributed by atoms with Gasteiger partial charge in [0.25, 0.3) is 5.91 Å². The van der Waals surface area contributed by atoms with Crippen molar-refractivity contribution in [3.63, 3.8) is 0 Å². The highest BCUT2D eigenvalue weighted by Gasteiger charge is 2.34. The number of aromatic nitrogens is 2. The summed E-state index contributed by atoms with van der Waals surface area (Å²) >= 11 is 8.26. The number of hydrogen-bond donors (Lipinski definition) is 1. The molecule has 0 bridgehead atoms. The summed E-state index contributed by atoms with van der Waals surface area (Å²) in [6.45, 7) is 7.30. The third-order valence-corrected chi connectivity index (χ3v) is 8.52. The third kappa shape index (κ3) is 6.92. The second-order valence-electron chi connectivity index (χ2n) is 10.8. The second kappa shape index (κ2) is 12.1. The van der Waals surface area contributed by atoms with Crippen molar-refractivity contribution in [1.82, 2.24) is 14.9 Å². The zero-order valence-electron chi connectivity index (χ0n) is 23.4. The Morgan fingerprint density at radius 2 is 1.76 bits per heavy atom. The van der Waals surface area contributed by atoms with Crippen LogP contribution in [0.5, 0.6) is 0 Å². The van der Waals surface area contributed by atoms with Gasteiger partial charge in [-0.3, -0.25) is 24.5 Å². The quantitative estimate of drug-likeness (QED) is 0.138. The van der Waals surface area contributed by atoms with Gasteiger partial charge in [0.2, 0.25) is 5.91 Å². The largest absolute Gasteiger partial charge is 0.456 e. The van der Waals surface area contributed by atoms with Crippen molar-refractivity contribution in [2.24, 2.45) is 5.92 Å².